The van der Waals surface area contributed by atoms with E-state index in [2.05, 4.69) is 6.07 Å². The molecule has 3 aromatic rings. The number of nitrogens with zero attached hydrogens (tertiary/aromatic N) is 2. The summed E-state index contributed by atoms with van der Waals surface area (Å²) in [5.74, 6) is -0.406. The average molecular weight is 371 g/mol. The zero-order chi connectivity index (χ0) is 20.1. The van der Waals surface area contributed by atoms with Crippen molar-refractivity contribution in [2.45, 2.75) is 6.92 Å². The molecule has 0 unspecified atom stereocenters. The van der Waals surface area contributed by atoms with Crippen molar-refractivity contribution in [3.63, 3.8) is 0 Å². The summed E-state index contributed by atoms with van der Waals surface area (Å²) in [7, 11) is 1.85. The molecule has 3 rings (SSSR count). The lowest BCUT2D eigenvalue weighted by molar-refractivity contribution is 0.0527. The van der Waals surface area contributed by atoms with Crippen LogP contribution in [0.4, 0.5) is 17.1 Å². The topological polar surface area (TPSA) is 79.3 Å². The maximum Gasteiger partial charge on any atom is 0.340 e. The van der Waals surface area contributed by atoms with Gasteiger partial charge in [-0.05, 0) is 48.4 Å². The number of rotatable bonds is 5. The Kier molecular flexibility index (Phi) is 5.61. The van der Waals surface area contributed by atoms with E-state index in [0.29, 0.717) is 29.1 Å². The lowest BCUT2D eigenvalue weighted by Gasteiger charge is -2.24. The van der Waals surface area contributed by atoms with Gasteiger partial charge in [-0.1, -0.05) is 36.4 Å². The maximum absolute atomic E-state index is 12.3. The minimum absolute atomic E-state index is 0.295. The van der Waals surface area contributed by atoms with Crippen molar-refractivity contribution in [3.8, 4) is 17.2 Å². The fourth-order valence-corrected chi connectivity index (χ4v) is 3.14. The summed E-state index contributed by atoms with van der Waals surface area (Å²) in [4.78, 5) is 14.2. The first-order chi connectivity index (χ1) is 13.6. The van der Waals surface area contributed by atoms with Crippen molar-refractivity contribution >= 4 is 23.0 Å². The number of hydrogen-bond donors (Lipinski definition) is 1. The molecule has 0 aliphatic carbocycles. The molecule has 5 heteroatoms. The second kappa shape index (κ2) is 8.28. The first-order valence-electron chi connectivity index (χ1n) is 8.95. The van der Waals surface area contributed by atoms with Crippen molar-refractivity contribution in [1.29, 1.82) is 5.26 Å². The molecule has 0 aromatic heterocycles. The largest absolute Gasteiger partial charge is 0.462 e. The van der Waals surface area contributed by atoms with Crippen LogP contribution in [-0.4, -0.2) is 19.6 Å². The molecule has 3 aromatic carbocycles. The zero-order valence-corrected chi connectivity index (χ0v) is 15.8. The monoisotopic (exact) mass is 371 g/mol. The van der Waals surface area contributed by atoms with Crippen LogP contribution in [0.3, 0.4) is 0 Å². The number of ether oxygens (including phenoxy) is 1. The third-order valence-corrected chi connectivity index (χ3v) is 4.51. The molecule has 2 N–H and O–H groups in total. The van der Waals surface area contributed by atoms with Gasteiger partial charge >= 0.3 is 5.97 Å². The summed E-state index contributed by atoms with van der Waals surface area (Å²) >= 11 is 0. The lowest BCUT2D eigenvalue weighted by atomic mass is 10.00. The van der Waals surface area contributed by atoms with E-state index in [1.54, 1.807) is 31.2 Å². The number of hydrogen-bond acceptors (Lipinski definition) is 5. The highest BCUT2D eigenvalue weighted by Gasteiger charge is 2.19. The normalized spacial score (nSPS) is 10.2. The molecule has 0 fully saturated rings. The van der Waals surface area contributed by atoms with Gasteiger partial charge < -0.3 is 15.4 Å². The SMILES string of the molecule is CCOC(=O)c1cccc(N)c1N(C)c1ccc(-c2ccccc2C#N)cc1. The van der Waals surface area contributed by atoms with Gasteiger partial charge in [0, 0.05) is 12.7 Å². The molecule has 0 saturated heterocycles. The van der Waals surface area contributed by atoms with Crippen molar-refractivity contribution in [2.75, 3.05) is 24.3 Å². The first-order valence-corrected chi connectivity index (χ1v) is 8.95. The Morgan fingerprint density at radius 1 is 1.07 bits per heavy atom. The standard InChI is InChI=1S/C23H21N3O2/c1-3-28-23(27)20-9-6-10-21(25)22(20)26(2)18-13-11-16(12-14-18)19-8-5-4-7-17(19)15-24/h4-14H,3,25H2,1-2H3. The highest BCUT2D eigenvalue weighted by atomic mass is 16.5. The molecule has 0 atom stereocenters. The van der Waals surface area contributed by atoms with Gasteiger partial charge in [0.05, 0.1) is 35.2 Å². The van der Waals surface area contributed by atoms with Crippen LogP contribution >= 0.6 is 0 Å². The summed E-state index contributed by atoms with van der Waals surface area (Å²) in [5, 5.41) is 9.31. The van der Waals surface area contributed by atoms with Gasteiger partial charge in [-0.25, -0.2) is 4.79 Å². The molecular formula is C23H21N3O2. The smallest absolute Gasteiger partial charge is 0.340 e. The number of para-hydroxylation sites is 1. The average Bonchev–Trinajstić information content (AvgIpc) is 2.73. The number of nitrogen functional groups attached to an aromatic ring is 1. The minimum atomic E-state index is -0.406. The van der Waals surface area contributed by atoms with Crippen LogP contribution in [0.25, 0.3) is 11.1 Å². The fraction of sp³-hybridized carbons (Fsp3) is 0.130. The number of nitriles is 1. The quantitative estimate of drug-likeness (QED) is 0.517. The van der Waals surface area contributed by atoms with E-state index in [-0.39, 0.29) is 0 Å². The molecule has 28 heavy (non-hydrogen) atoms. The van der Waals surface area contributed by atoms with E-state index >= 15 is 0 Å². The van der Waals surface area contributed by atoms with Gasteiger partial charge in [0.15, 0.2) is 0 Å². The van der Waals surface area contributed by atoms with Crippen molar-refractivity contribution in [3.05, 3.63) is 77.9 Å². The molecule has 0 spiro atoms. The number of benzene rings is 3. The summed E-state index contributed by atoms with van der Waals surface area (Å²) in [6.07, 6.45) is 0. The zero-order valence-electron chi connectivity index (χ0n) is 15.8. The molecule has 0 radical (unpaired) electrons. The number of nitrogens with two attached hydrogens (primary N) is 1. The van der Waals surface area contributed by atoms with Gasteiger partial charge in [-0.2, -0.15) is 5.26 Å². The van der Waals surface area contributed by atoms with Crippen LogP contribution in [0.15, 0.2) is 66.7 Å². The van der Waals surface area contributed by atoms with Crippen LogP contribution in [0.5, 0.6) is 0 Å². The van der Waals surface area contributed by atoms with E-state index in [1.165, 1.54) is 0 Å². The Bertz CT molecular complexity index is 1040. The Labute approximate surface area is 164 Å². The lowest BCUT2D eigenvalue weighted by Crippen LogP contribution is -2.17. The van der Waals surface area contributed by atoms with Crippen LogP contribution in [-0.2, 0) is 4.74 Å². The molecule has 0 saturated carbocycles. The molecule has 5 nitrogen and oxygen atoms in total. The highest BCUT2D eigenvalue weighted by molar-refractivity contribution is 6.00. The number of esters is 1. The third kappa shape index (κ3) is 3.67. The Hall–Kier alpha value is -3.78. The van der Waals surface area contributed by atoms with Crippen molar-refractivity contribution in [2.24, 2.45) is 0 Å². The predicted octanol–water partition coefficient (Wildman–Crippen LogP) is 4.75. The molecule has 0 heterocycles. The van der Waals surface area contributed by atoms with E-state index in [9.17, 15) is 10.1 Å². The Morgan fingerprint density at radius 3 is 2.46 bits per heavy atom. The molecule has 0 aliphatic rings. The van der Waals surface area contributed by atoms with Gasteiger partial charge in [0.2, 0.25) is 0 Å². The fourth-order valence-electron chi connectivity index (χ4n) is 3.14. The minimum Gasteiger partial charge on any atom is -0.462 e. The van der Waals surface area contributed by atoms with E-state index in [1.807, 2.05) is 54.4 Å². The van der Waals surface area contributed by atoms with E-state index in [4.69, 9.17) is 10.5 Å². The van der Waals surface area contributed by atoms with E-state index in [0.717, 1.165) is 16.8 Å². The Balaban J connectivity index is 1.98. The summed E-state index contributed by atoms with van der Waals surface area (Å²) in [6.45, 7) is 2.06. The van der Waals surface area contributed by atoms with E-state index < -0.39 is 5.97 Å². The van der Waals surface area contributed by atoms with Crippen molar-refractivity contribution in [1.82, 2.24) is 0 Å². The molecule has 0 bridgehead atoms. The molecule has 0 aliphatic heterocycles. The summed E-state index contributed by atoms with van der Waals surface area (Å²) in [5.41, 5.74) is 11.0. The summed E-state index contributed by atoms with van der Waals surface area (Å²) in [6, 6.07) is 22.7. The van der Waals surface area contributed by atoms with Gasteiger partial charge in [0.25, 0.3) is 0 Å². The van der Waals surface area contributed by atoms with Gasteiger partial charge in [0.1, 0.15) is 0 Å². The first kappa shape index (κ1) is 19.0. The second-order valence-corrected chi connectivity index (χ2v) is 6.23. The molecule has 140 valence electrons. The van der Waals surface area contributed by atoms with Crippen LogP contribution in [0.1, 0.15) is 22.8 Å². The third-order valence-electron chi connectivity index (χ3n) is 4.51. The van der Waals surface area contributed by atoms with Crippen LogP contribution in [0.2, 0.25) is 0 Å². The second-order valence-electron chi connectivity index (χ2n) is 6.23. The van der Waals surface area contributed by atoms with Crippen molar-refractivity contribution < 1.29 is 9.53 Å². The number of carbonyl (C=O) groups is 1. The molecule has 0 amide bonds. The highest BCUT2D eigenvalue weighted by Crippen LogP contribution is 2.34. The number of anilines is 3. The number of carbonyl (C=O) groups excluding carboxylic acids is 1. The Morgan fingerprint density at radius 2 is 1.79 bits per heavy atom. The summed E-state index contributed by atoms with van der Waals surface area (Å²) < 4.78 is 5.16. The molecular weight excluding hydrogens is 350 g/mol. The maximum atomic E-state index is 12.3. The van der Waals surface area contributed by atoms with Crippen LogP contribution < -0.4 is 10.6 Å². The van der Waals surface area contributed by atoms with Gasteiger partial charge in [-0.15, -0.1) is 0 Å². The predicted molar refractivity (Wildman–Crippen MR) is 111 cm³/mol. The van der Waals surface area contributed by atoms with Crippen LogP contribution in [0, 0.1) is 11.3 Å². The van der Waals surface area contributed by atoms with Gasteiger partial charge in [-0.3, -0.25) is 0 Å².